The first kappa shape index (κ1) is 11.8. The molecule has 1 heterocycles. The van der Waals surface area contributed by atoms with Crippen LogP contribution < -0.4 is 9.33 Å². The van der Waals surface area contributed by atoms with Crippen LogP contribution in [0.3, 0.4) is 0 Å². The number of carbonyl (C=O) groups is 1. The summed E-state index contributed by atoms with van der Waals surface area (Å²) in [6.07, 6.45) is 1.68. The number of carbonyl (C=O) groups excluding carboxylic acids is 1. The predicted octanol–water partition coefficient (Wildman–Crippen LogP) is 1.56. The molecule has 0 saturated carbocycles. The van der Waals surface area contributed by atoms with Crippen molar-refractivity contribution in [3.8, 4) is 0 Å². The van der Waals surface area contributed by atoms with Gasteiger partial charge >= 0.3 is 0 Å². The van der Waals surface area contributed by atoms with Crippen molar-refractivity contribution in [1.29, 1.82) is 0 Å². The highest BCUT2D eigenvalue weighted by Crippen LogP contribution is 2.21. The Morgan fingerprint density at radius 2 is 2.06 bits per heavy atom. The van der Waals surface area contributed by atoms with Crippen LogP contribution in [0.25, 0.3) is 0 Å². The molecule has 2 aromatic rings. The zero-order valence-electron chi connectivity index (χ0n) is 9.50. The lowest BCUT2D eigenvalue weighted by molar-refractivity contribution is -0.115. The van der Waals surface area contributed by atoms with E-state index in [2.05, 4.69) is 21.3 Å². The molecule has 0 spiro atoms. The van der Waals surface area contributed by atoms with Gasteiger partial charge in [-0.3, -0.25) is 9.69 Å². The van der Waals surface area contributed by atoms with Crippen molar-refractivity contribution in [2.45, 2.75) is 6.92 Å². The maximum absolute atomic E-state index is 11.7. The lowest BCUT2D eigenvalue weighted by atomic mass is 10.2. The van der Waals surface area contributed by atoms with Gasteiger partial charge in [-0.1, -0.05) is 24.3 Å². The van der Waals surface area contributed by atoms with E-state index in [0.29, 0.717) is 5.82 Å². The van der Waals surface area contributed by atoms with Crippen molar-refractivity contribution in [1.82, 2.24) is 4.98 Å². The van der Waals surface area contributed by atoms with Crippen LogP contribution in [0.4, 0.5) is 11.5 Å². The molecule has 1 amide bonds. The van der Waals surface area contributed by atoms with Crippen LogP contribution in [0.1, 0.15) is 6.92 Å². The molecule has 0 bridgehead atoms. The Morgan fingerprint density at radius 3 is 2.65 bits per heavy atom. The lowest BCUT2D eigenvalue weighted by Gasteiger charge is -2.20. The maximum Gasteiger partial charge on any atom is 0.229 e. The van der Waals surface area contributed by atoms with Gasteiger partial charge in [0.05, 0.1) is 0 Å². The molecule has 0 aliphatic rings. The molecule has 0 aliphatic carbocycles. The van der Waals surface area contributed by atoms with Crippen LogP contribution in [0, 0.1) is 0 Å². The third kappa shape index (κ3) is 2.73. The van der Waals surface area contributed by atoms with Crippen molar-refractivity contribution in [3.63, 3.8) is 0 Å². The van der Waals surface area contributed by atoms with Crippen LogP contribution in [0.5, 0.6) is 0 Å². The van der Waals surface area contributed by atoms with E-state index in [4.69, 9.17) is 0 Å². The van der Waals surface area contributed by atoms with Gasteiger partial charge in [-0.05, 0) is 18.2 Å². The average Bonchev–Trinajstić information content (AvgIpc) is 2.30. The Bertz CT molecular complexity index is 528. The number of benzene rings is 1. The number of hydrogen-bond donors (Lipinski definition) is 0. The Labute approximate surface area is 109 Å². The van der Waals surface area contributed by atoms with Crippen LogP contribution in [0.15, 0.2) is 48.7 Å². The fourth-order valence-electron chi connectivity index (χ4n) is 1.63. The molecule has 0 atom stereocenters. The lowest BCUT2D eigenvalue weighted by Crippen LogP contribution is -2.24. The average molecular weight is 238 g/mol. The van der Waals surface area contributed by atoms with Crippen LogP contribution in [-0.4, -0.2) is 27.2 Å². The first-order valence-corrected chi connectivity index (χ1v) is 5.83. The number of hydrogen-bond acceptors (Lipinski definition) is 2. The normalized spacial score (nSPS) is 9.94. The topological polar surface area (TPSA) is 33.2 Å². The molecule has 82 valence electrons. The summed E-state index contributed by atoms with van der Waals surface area (Å²) in [5.74, 6) is 0.579. The predicted molar refractivity (Wildman–Crippen MR) is 68.9 cm³/mol. The van der Waals surface area contributed by atoms with E-state index in [1.165, 1.54) is 6.92 Å². The Morgan fingerprint density at radius 1 is 1.24 bits per heavy atom. The smallest absolute Gasteiger partial charge is 0.229 e. The number of pyridine rings is 1. The van der Waals surface area contributed by atoms with E-state index in [0.717, 1.165) is 10.1 Å². The zero-order chi connectivity index (χ0) is 12.3. The minimum absolute atomic E-state index is 0.0562. The number of amides is 1. The number of anilines is 2. The SMILES string of the molecule is CC(=O)N(c1ccc[c]([Al])c1)c1ccccn1. The van der Waals surface area contributed by atoms with E-state index in [1.54, 1.807) is 11.1 Å². The molecule has 0 fully saturated rings. The maximum atomic E-state index is 11.7. The van der Waals surface area contributed by atoms with Gasteiger partial charge in [0.2, 0.25) is 5.91 Å². The monoisotopic (exact) mass is 238 g/mol. The van der Waals surface area contributed by atoms with Gasteiger partial charge in [-0.25, -0.2) is 4.98 Å². The molecule has 0 unspecified atom stereocenters. The number of aromatic nitrogens is 1. The Hall–Kier alpha value is -1.63. The van der Waals surface area contributed by atoms with Crippen molar-refractivity contribution in [3.05, 3.63) is 48.7 Å². The van der Waals surface area contributed by atoms with Gasteiger partial charge < -0.3 is 0 Å². The first-order valence-electron chi connectivity index (χ1n) is 5.26. The minimum Gasteiger partial charge on any atom is -0.274 e. The van der Waals surface area contributed by atoms with Gasteiger partial charge in [0.1, 0.15) is 5.82 Å². The summed E-state index contributed by atoms with van der Waals surface area (Å²) >= 11 is 2.62. The van der Waals surface area contributed by atoms with E-state index in [1.807, 2.05) is 42.5 Å². The number of nitrogens with zero attached hydrogens (tertiary/aromatic N) is 2. The molecule has 1 aromatic carbocycles. The zero-order valence-corrected chi connectivity index (χ0v) is 10.7. The van der Waals surface area contributed by atoms with Crippen LogP contribution >= 0.6 is 0 Å². The van der Waals surface area contributed by atoms with Crippen molar-refractivity contribution in [2.75, 3.05) is 4.90 Å². The molecular formula is C13H11AlN2O. The summed E-state index contributed by atoms with van der Waals surface area (Å²) in [6, 6.07) is 13.2. The van der Waals surface area contributed by atoms with Crippen molar-refractivity contribution < 1.29 is 4.79 Å². The molecule has 0 aliphatic heterocycles. The summed E-state index contributed by atoms with van der Waals surface area (Å²) in [5.41, 5.74) is 0.823. The summed E-state index contributed by atoms with van der Waals surface area (Å²) in [5, 5.41) is 0. The highest BCUT2D eigenvalue weighted by molar-refractivity contribution is 6.32. The standard InChI is InChI=1S/C13H11N2O.Al/c1-11(16)15(12-7-3-2-4-8-12)13-9-5-6-10-14-13;/h2-3,5-10H,1H3;. The summed E-state index contributed by atoms with van der Waals surface area (Å²) < 4.78 is 1.03. The van der Waals surface area contributed by atoms with E-state index >= 15 is 0 Å². The summed E-state index contributed by atoms with van der Waals surface area (Å²) in [6.45, 7) is 1.53. The molecule has 17 heavy (non-hydrogen) atoms. The largest absolute Gasteiger partial charge is 0.274 e. The molecular weight excluding hydrogens is 227 g/mol. The highest BCUT2D eigenvalue weighted by atomic mass is 27.0. The van der Waals surface area contributed by atoms with Crippen LogP contribution in [-0.2, 0) is 4.79 Å². The quantitative estimate of drug-likeness (QED) is 0.744. The number of rotatable bonds is 2. The second-order valence-corrected chi connectivity index (χ2v) is 4.30. The van der Waals surface area contributed by atoms with E-state index < -0.39 is 0 Å². The van der Waals surface area contributed by atoms with Crippen molar-refractivity contribution in [2.24, 2.45) is 0 Å². The molecule has 2 rings (SSSR count). The fourth-order valence-corrected chi connectivity index (χ4v) is 1.91. The summed E-state index contributed by atoms with van der Waals surface area (Å²) in [4.78, 5) is 17.5. The Kier molecular flexibility index (Phi) is 3.58. The Balaban J connectivity index is 2.47. The van der Waals surface area contributed by atoms with E-state index in [-0.39, 0.29) is 5.91 Å². The van der Waals surface area contributed by atoms with Gasteiger partial charge in [0, 0.05) is 18.8 Å². The third-order valence-electron chi connectivity index (χ3n) is 2.32. The third-order valence-corrected chi connectivity index (χ3v) is 2.68. The highest BCUT2D eigenvalue weighted by Gasteiger charge is 2.14. The molecule has 1 aromatic heterocycles. The van der Waals surface area contributed by atoms with Crippen molar-refractivity contribution >= 4 is 38.1 Å². The first-order chi connectivity index (χ1) is 8.18. The molecule has 2 radical (unpaired) electrons. The summed E-state index contributed by atoms with van der Waals surface area (Å²) in [7, 11) is 0. The van der Waals surface area contributed by atoms with Crippen LogP contribution in [0.2, 0.25) is 0 Å². The van der Waals surface area contributed by atoms with Gasteiger partial charge in [-0.15, -0.1) is 4.43 Å². The van der Waals surface area contributed by atoms with Gasteiger partial charge in [-0.2, -0.15) is 0 Å². The molecule has 0 saturated heterocycles. The molecule has 3 nitrogen and oxygen atoms in total. The second kappa shape index (κ2) is 5.13. The fraction of sp³-hybridized carbons (Fsp3) is 0.0769. The van der Waals surface area contributed by atoms with E-state index in [9.17, 15) is 4.79 Å². The molecule has 4 heteroatoms. The van der Waals surface area contributed by atoms with Gasteiger partial charge in [0.25, 0.3) is 0 Å². The second-order valence-electron chi connectivity index (χ2n) is 3.64. The molecule has 0 N–H and O–H groups in total. The minimum atomic E-state index is -0.0562. The van der Waals surface area contributed by atoms with Gasteiger partial charge in [0.15, 0.2) is 16.3 Å².